The number of hydrogen-bond acceptors (Lipinski definition) is 13. The van der Waals surface area contributed by atoms with E-state index in [0.29, 0.717) is 106 Å². The Hall–Kier alpha value is -6.31. The number of ether oxygens (including phenoxy) is 5. The number of likely N-dealkylation sites (N-methyl/N-ethyl adjacent to an activating group) is 1. The van der Waals surface area contributed by atoms with Gasteiger partial charge in [0.1, 0.15) is 34.9 Å². The Morgan fingerprint density at radius 3 is 2.45 bits per heavy atom. The Labute approximate surface area is 349 Å². The molecule has 16 nitrogen and oxygen atoms in total. The van der Waals surface area contributed by atoms with E-state index in [0.717, 1.165) is 35.6 Å². The highest BCUT2D eigenvalue weighted by Crippen LogP contribution is 2.35. The van der Waals surface area contributed by atoms with Crippen molar-refractivity contribution in [1.29, 1.82) is 10.5 Å². The highest BCUT2D eigenvalue weighted by molar-refractivity contribution is 6.61. The van der Waals surface area contributed by atoms with Gasteiger partial charge in [-0.2, -0.15) is 10.5 Å². The summed E-state index contributed by atoms with van der Waals surface area (Å²) in [5, 5.41) is 42.7. The third kappa shape index (κ3) is 12.6. The van der Waals surface area contributed by atoms with Gasteiger partial charge in [0, 0.05) is 42.1 Å². The molecule has 2 aliphatic heterocycles. The minimum Gasteiger partial charge on any atom is -0.457 e. The Kier molecular flexibility index (Phi) is 16.4. The zero-order valence-corrected chi connectivity index (χ0v) is 33.4. The quantitative estimate of drug-likeness (QED) is 0.0581. The lowest BCUT2D eigenvalue weighted by Crippen LogP contribution is -2.33. The average molecular weight is 815 g/mol. The van der Waals surface area contributed by atoms with Crippen molar-refractivity contribution in [2.75, 3.05) is 76.1 Å². The van der Waals surface area contributed by atoms with Crippen LogP contribution in [-0.4, -0.2) is 99.0 Å². The number of amides is 2. The molecule has 0 aliphatic carbocycles. The van der Waals surface area contributed by atoms with Crippen LogP contribution >= 0.6 is 0 Å². The van der Waals surface area contributed by atoms with Gasteiger partial charge in [0.15, 0.2) is 0 Å². The van der Waals surface area contributed by atoms with Crippen LogP contribution in [0.2, 0.25) is 0 Å². The monoisotopic (exact) mass is 814 g/mol. The van der Waals surface area contributed by atoms with Crippen molar-refractivity contribution >= 4 is 41.6 Å². The molecule has 0 spiro atoms. The topological polar surface area (TPSA) is 198 Å². The fraction of sp³-hybridized carbons (Fsp3) is 0.326. The largest absolute Gasteiger partial charge is 0.491 e. The second kappa shape index (κ2) is 22.7. The van der Waals surface area contributed by atoms with E-state index >= 15 is 0 Å². The second-order valence-corrected chi connectivity index (χ2v) is 13.5. The molecule has 2 amide bonds. The summed E-state index contributed by atoms with van der Waals surface area (Å²) in [6, 6.07) is 24.5. The van der Waals surface area contributed by atoms with Crippen molar-refractivity contribution in [2.24, 2.45) is 0 Å². The molecule has 0 bridgehead atoms. The van der Waals surface area contributed by atoms with Crippen molar-refractivity contribution in [2.45, 2.75) is 26.7 Å². The number of urea groups is 1. The summed E-state index contributed by atoms with van der Waals surface area (Å²) in [7, 11) is -0.964. The highest BCUT2D eigenvalue weighted by atomic mass is 16.6. The number of anilines is 2. The lowest BCUT2D eigenvalue weighted by atomic mass is 9.79. The summed E-state index contributed by atoms with van der Waals surface area (Å²) in [5.41, 5.74) is 6.23. The first-order chi connectivity index (χ1) is 29.4. The first kappa shape index (κ1) is 43.3. The molecule has 3 heterocycles. The molecule has 2 aliphatic rings. The maximum atomic E-state index is 12.1. The van der Waals surface area contributed by atoms with Crippen LogP contribution in [0.1, 0.15) is 29.3 Å². The number of nitrogens with one attached hydrogen (secondary N) is 2. The Morgan fingerprint density at radius 2 is 1.70 bits per heavy atom. The lowest BCUT2D eigenvalue weighted by molar-refractivity contribution is -0.00396. The van der Waals surface area contributed by atoms with Gasteiger partial charge in [0.2, 0.25) is 0 Å². The predicted molar refractivity (Wildman–Crippen MR) is 225 cm³/mol. The van der Waals surface area contributed by atoms with E-state index in [1.54, 1.807) is 18.2 Å². The van der Waals surface area contributed by atoms with Gasteiger partial charge in [-0.05, 0) is 66.0 Å². The highest BCUT2D eigenvalue weighted by Gasteiger charge is 2.27. The van der Waals surface area contributed by atoms with Gasteiger partial charge in [-0.25, -0.2) is 4.79 Å². The smallest absolute Gasteiger partial charge is 0.457 e. The predicted octanol–water partition coefficient (Wildman–Crippen LogP) is 4.20. The van der Waals surface area contributed by atoms with E-state index in [9.17, 15) is 20.3 Å². The van der Waals surface area contributed by atoms with Crippen LogP contribution in [0.3, 0.4) is 0 Å². The molecule has 0 atom stereocenters. The Balaban J connectivity index is 0.789. The van der Waals surface area contributed by atoms with Gasteiger partial charge >= 0.3 is 13.1 Å². The summed E-state index contributed by atoms with van der Waals surface area (Å²) < 4.78 is 35.3. The number of hydrogen-bond donors (Lipinski definition) is 3. The molecule has 310 valence electrons. The lowest BCUT2D eigenvalue weighted by Gasteiger charge is -2.23. The SMILES string of the molecule is CCN(CCn1cc(COCCOCCOCCOCCNC(=O)Nc2ccc3c(c2)B(O)OC3)nn1)c1ccc(/C=C/C2=CC(=C(C#N)C#N)c3ccccc3O2)cc1. The molecule has 0 saturated heterocycles. The van der Waals surface area contributed by atoms with E-state index in [4.69, 9.17) is 28.3 Å². The molecule has 60 heavy (non-hydrogen) atoms. The zero-order valence-electron chi connectivity index (χ0n) is 33.4. The van der Waals surface area contributed by atoms with Gasteiger partial charge in [-0.3, -0.25) is 4.68 Å². The van der Waals surface area contributed by atoms with Crippen LogP contribution in [0, 0.1) is 22.7 Å². The summed E-state index contributed by atoms with van der Waals surface area (Å²) in [6.07, 6.45) is 7.38. The number of nitriles is 2. The number of nitrogens with zero attached hydrogens (tertiary/aromatic N) is 6. The molecule has 0 unspecified atom stereocenters. The molecule has 17 heteroatoms. The molecular weight excluding hydrogens is 767 g/mol. The van der Waals surface area contributed by atoms with Crippen LogP contribution in [0.5, 0.6) is 5.75 Å². The third-order valence-electron chi connectivity index (χ3n) is 9.41. The fourth-order valence-corrected chi connectivity index (χ4v) is 6.31. The standard InChI is InChI=1S/C43H47BN8O8/c1-2-51(37-12-7-32(8-13-37)9-14-38-26-40(34(27-45)28-46)39-5-3-4-6-42(39)60-38)16-17-52-29-36(49-50-52)31-58-24-23-57-22-21-56-20-19-55-18-15-47-43(53)48-35-11-10-33-30-59-44(54)41(33)25-35/h3-14,25-26,29,54H,2,15-24,30-31H2,1H3,(H2,47,48,53)/b14-9+. The van der Waals surface area contributed by atoms with E-state index in [1.807, 2.05) is 77.6 Å². The molecule has 0 fully saturated rings. The van der Waals surface area contributed by atoms with Crippen LogP contribution < -0.4 is 25.7 Å². The number of fused-ring (bicyclic) bond motifs is 2. The van der Waals surface area contributed by atoms with E-state index < -0.39 is 7.12 Å². The number of carbonyl (C=O) groups excluding carboxylic acids is 1. The van der Waals surface area contributed by atoms with Crippen molar-refractivity contribution in [3.05, 3.63) is 119 Å². The number of allylic oxidation sites excluding steroid dienone is 4. The summed E-state index contributed by atoms with van der Waals surface area (Å²) >= 11 is 0. The number of rotatable bonds is 22. The van der Waals surface area contributed by atoms with E-state index in [1.165, 1.54) is 0 Å². The Morgan fingerprint density at radius 1 is 0.967 bits per heavy atom. The van der Waals surface area contributed by atoms with Crippen LogP contribution in [0.25, 0.3) is 11.6 Å². The minimum atomic E-state index is -0.964. The molecule has 1 aromatic heterocycles. The third-order valence-corrected chi connectivity index (χ3v) is 9.41. The van der Waals surface area contributed by atoms with Gasteiger partial charge < -0.3 is 48.9 Å². The number of carbonyl (C=O) groups is 1. The zero-order chi connectivity index (χ0) is 41.9. The molecule has 6 rings (SSSR count). The summed E-state index contributed by atoms with van der Waals surface area (Å²) in [5.74, 6) is 1.14. The average Bonchev–Trinajstić information content (AvgIpc) is 3.89. The normalized spacial score (nSPS) is 12.9. The molecule has 0 radical (unpaired) electrons. The molecular formula is C43H47BN8O8. The second-order valence-electron chi connectivity index (χ2n) is 13.5. The van der Waals surface area contributed by atoms with Crippen LogP contribution in [0.4, 0.5) is 16.2 Å². The maximum absolute atomic E-state index is 12.1. The molecule has 3 aromatic carbocycles. The van der Waals surface area contributed by atoms with Crippen molar-refractivity contribution in [3.63, 3.8) is 0 Å². The van der Waals surface area contributed by atoms with Gasteiger partial charge in [0.25, 0.3) is 0 Å². The van der Waals surface area contributed by atoms with E-state index in [2.05, 4.69) is 44.9 Å². The fourth-order valence-electron chi connectivity index (χ4n) is 6.31. The van der Waals surface area contributed by atoms with Gasteiger partial charge in [-0.1, -0.05) is 47.7 Å². The molecule has 0 saturated carbocycles. The van der Waals surface area contributed by atoms with Crippen LogP contribution in [0.15, 0.2) is 96.4 Å². The molecule has 3 N–H and O–H groups in total. The minimum absolute atomic E-state index is 0.0385. The first-order valence-electron chi connectivity index (χ1n) is 19.7. The Bertz CT molecular complexity index is 2210. The van der Waals surface area contributed by atoms with E-state index in [-0.39, 0.29) is 11.6 Å². The summed E-state index contributed by atoms with van der Waals surface area (Å²) in [6.45, 7) is 8.16. The molecule has 4 aromatic rings. The van der Waals surface area contributed by atoms with Crippen molar-refractivity contribution < 1.29 is 38.2 Å². The van der Waals surface area contributed by atoms with Crippen LogP contribution in [-0.2, 0) is 43.4 Å². The van der Waals surface area contributed by atoms with Crippen molar-refractivity contribution in [1.82, 2.24) is 20.3 Å². The number of aromatic nitrogens is 3. The van der Waals surface area contributed by atoms with Gasteiger partial charge in [-0.15, -0.1) is 5.10 Å². The number of benzene rings is 3. The number of para-hydroxylation sites is 1. The van der Waals surface area contributed by atoms with Gasteiger partial charge in [0.05, 0.1) is 72.2 Å². The van der Waals surface area contributed by atoms with Crippen molar-refractivity contribution in [3.8, 4) is 17.9 Å². The maximum Gasteiger partial charge on any atom is 0.491 e. The summed E-state index contributed by atoms with van der Waals surface area (Å²) in [4.78, 5) is 14.4. The first-order valence-corrected chi connectivity index (χ1v) is 19.7.